The summed E-state index contributed by atoms with van der Waals surface area (Å²) in [6, 6.07) is 2.42. The van der Waals surface area contributed by atoms with Gasteiger partial charge in [-0.1, -0.05) is 0 Å². The summed E-state index contributed by atoms with van der Waals surface area (Å²) in [7, 11) is 3.60. The van der Waals surface area contributed by atoms with E-state index in [1.165, 1.54) is 4.90 Å². The van der Waals surface area contributed by atoms with E-state index in [0.29, 0.717) is 6.54 Å². The summed E-state index contributed by atoms with van der Waals surface area (Å²) in [6.07, 6.45) is 6.01. The van der Waals surface area contributed by atoms with Crippen molar-refractivity contribution in [3.05, 3.63) is 18.0 Å². The van der Waals surface area contributed by atoms with E-state index in [4.69, 9.17) is 5.26 Å². The van der Waals surface area contributed by atoms with Gasteiger partial charge < -0.3 is 4.90 Å². The van der Waals surface area contributed by atoms with Crippen LogP contribution >= 0.6 is 0 Å². The van der Waals surface area contributed by atoms with Crippen molar-refractivity contribution >= 4 is 5.91 Å². The molecule has 0 N–H and O–H groups in total. The summed E-state index contributed by atoms with van der Waals surface area (Å²) in [5.74, 6) is -0.0164. The molecule has 1 aliphatic rings. The van der Waals surface area contributed by atoms with Crippen molar-refractivity contribution in [2.24, 2.45) is 7.05 Å². The third-order valence-corrected chi connectivity index (χ3v) is 4.30. The second-order valence-electron chi connectivity index (χ2n) is 6.20. The van der Waals surface area contributed by atoms with Gasteiger partial charge in [0.15, 0.2) is 0 Å². The molecular weight excluding hydrogens is 266 g/mol. The molecule has 2 heterocycles. The topological polar surface area (TPSA) is 65.2 Å². The van der Waals surface area contributed by atoms with Gasteiger partial charge in [-0.2, -0.15) is 10.4 Å². The van der Waals surface area contributed by atoms with Crippen LogP contribution in [-0.4, -0.2) is 51.2 Å². The predicted molar refractivity (Wildman–Crippen MR) is 79.2 cm³/mol. The van der Waals surface area contributed by atoms with Gasteiger partial charge in [0.05, 0.1) is 18.8 Å². The molecule has 1 fully saturated rings. The number of carbonyl (C=O) groups excluding carboxylic acids is 1. The van der Waals surface area contributed by atoms with Crippen LogP contribution in [0, 0.1) is 11.3 Å². The molecule has 1 aromatic heterocycles. The molecule has 0 saturated carbocycles. The number of hydrogen-bond donors (Lipinski definition) is 0. The van der Waals surface area contributed by atoms with Gasteiger partial charge in [-0.25, -0.2) is 0 Å². The molecule has 1 aliphatic heterocycles. The molecule has 114 valence electrons. The Labute approximate surface area is 125 Å². The van der Waals surface area contributed by atoms with Gasteiger partial charge in [-0.15, -0.1) is 0 Å². The molecule has 1 unspecified atom stereocenters. The Bertz CT molecular complexity index is 557. The SMILES string of the molecule is CN(C(=O)CN1CCCC1c1cnn(C)c1)C(C)(C)C#N. The first-order valence-electron chi connectivity index (χ1n) is 7.25. The van der Waals surface area contributed by atoms with Crippen LogP contribution in [0.25, 0.3) is 0 Å². The first-order chi connectivity index (χ1) is 9.85. The molecule has 0 aromatic carbocycles. The minimum Gasteiger partial charge on any atom is -0.326 e. The fraction of sp³-hybridized carbons (Fsp3) is 0.667. The number of rotatable bonds is 4. The standard InChI is InChI=1S/C15H23N5O/c1-15(2,11-16)19(4)14(21)10-20-7-5-6-13(20)12-8-17-18(3)9-12/h8-9,13H,5-7,10H2,1-4H3. The summed E-state index contributed by atoms with van der Waals surface area (Å²) < 4.78 is 1.79. The number of likely N-dealkylation sites (N-methyl/N-ethyl adjacent to an activating group) is 1. The molecule has 0 spiro atoms. The number of nitrogens with zero attached hydrogens (tertiary/aromatic N) is 5. The van der Waals surface area contributed by atoms with Crippen LogP contribution in [0.1, 0.15) is 38.3 Å². The Morgan fingerprint density at radius 2 is 2.33 bits per heavy atom. The van der Waals surface area contributed by atoms with Crippen LogP contribution in [0.3, 0.4) is 0 Å². The summed E-state index contributed by atoms with van der Waals surface area (Å²) in [5.41, 5.74) is 0.380. The molecule has 0 bridgehead atoms. The molecular formula is C15H23N5O. The second-order valence-corrected chi connectivity index (χ2v) is 6.20. The molecule has 6 nitrogen and oxygen atoms in total. The third kappa shape index (κ3) is 3.24. The summed E-state index contributed by atoms with van der Waals surface area (Å²) in [6.45, 7) is 4.77. The molecule has 0 aliphatic carbocycles. The second kappa shape index (κ2) is 5.86. The number of carbonyl (C=O) groups is 1. The van der Waals surface area contributed by atoms with Gasteiger partial charge >= 0.3 is 0 Å². The molecule has 2 rings (SSSR count). The van der Waals surface area contributed by atoms with E-state index in [0.717, 1.165) is 24.9 Å². The average molecular weight is 289 g/mol. The zero-order valence-corrected chi connectivity index (χ0v) is 13.2. The molecule has 21 heavy (non-hydrogen) atoms. The van der Waals surface area contributed by atoms with Crippen molar-refractivity contribution in [3.8, 4) is 6.07 Å². The van der Waals surface area contributed by atoms with Crippen LogP contribution in [-0.2, 0) is 11.8 Å². The first kappa shape index (κ1) is 15.5. The normalized spacial score (nSPS) is 19.5. The van der Waals surface area contributed by atoms with Crippen LogP contribution in [0.4, 0.5) is 0 Å². The minimum atomic E-state index is -0.777. The first-order valence-corrected chi connectivity index (χ1v) is 7.25. The maximum atomic E-state index is 12.4. The third-order valence-electron chi connectivity index (χ3n) is 4.30. The molecule has 1 aromatic rings. The van der Waals surface area contributed by atoms with E-state index in [-0.39, 0.29) is 11.9 Å². The minimum absolute atomic E-state index is 0.0164. The number of likely N-dealkylation sites (tertiary alicyclic amines) is 1. The van der Waals surface area contributed by atoms with Crippen molar-refractivity contribution in [1.29, 1.82) is 5.26 Å². The van der Waals surface area contributed by atoms with Crippen molar-refractivity contribution in [2.45, 2.75) is 38.3 Å². The van der Waals surface area contributed by atoms with Gasteiger partial charge in [0.1, 0.15) is 5.54 Å². The lowest BCUT2D eigenvalue weighted by atomic mass is 10.1. The maximum absolute atomic E-state index is 12.4. The van der Waals surface area contributed by atoms with Gasteiger partial charge in [0.25, 0.3) is 0 Å². The number of hydrogen-bond acceptors (Lipinski definition) is 4. The van der Waals surface area contributed by atoms with Gasteiger partial charge in [0, 0.05) is 31.9 Å². The summed E-state index contributed by atoms with van der Waals surface area (Å²) >= 11 is 0. The Morgan fingerprint density at radius 1 is 1.62 bits per heavy atom. The van der Waals surface area contributed by atoms with Crippen LogP contribution in [0.15, 0.2) is 12.4 Å². The highest BCUT2D eigenvalue weighted by Crippen LogP contribution is 2.31. The lowest BCUT2D eigenvalue weighted by Gasteiger charge is -2.32. The fourth-order valence-corrected chi connectivity index (χ4v) is 2.67. The zero-order valence-electron chi connectivity index (χ0n) is 13.2. The van der Waals surface area contributed by atoms with E-state index < -0.39 is 5.54 Å². The maximum Gasteiger partial charge on any atom is 0.237 e. The number of aromatic nitrogens is 2. The van der Waals surface area contributed by atoms with Crippen molar-refractivity contribution in [1.82, 2.24) is 19.6 Å². The lowest BCUT2D eigenvalue weighted by Crippen LogP contribution is -2.48. The van der Waals surface area contributed by atoms with Gasteiger partial charge in [0.2, 0.25) is 5.91 Å². The van der Waals surface area contributed by atoms with Crippen LogP contribution < -0.4 is 0 Å². The largest absolute Gasteiger partial charge is 0.326 e. The molecule has 1 saturated heterocycles. The fourth-order valence-electron chi connectivity index (χ4n) is 2.67. The van der Waals surface area contributed by atoms with Crippen LogP contribution in [0.2, 0.25) is 0 Å². The number of aryl methyl sites for hydroxylation is 1. The summed E-state index contributed by atoms with van der Waals surface area (Å²) in [4.78, 5) is 16.1. The van der Waals surface area contributed by atoms with Crippen molar-refractivity contribution < 1.29 is 4.79 Å². The molecule has 1 amide bonds. The van der Waals surface area contributed by atoms with E-state index >= 15 is 0 Å². The number of amides is 1. The van der Waals surface area contributed by atoms with E-state index in [2.05, 4.69) is 16.1 Å². The average Bonchev–Trinajstić information content (AvgIpc) is 3.06. The van der Waals surface area contributed by atoms with E-state index in [1.54, 1.807) is 25.6 Å². The van der Waals surface area contributed by atoms with Gasteiger partial charge in [-0.05, 0) is 33.2 Å². The zero-order chi connectivity index (χ0) is 15.6. The Kier molecular flexibility index (Phi) is 4.33. The Hall–Kier alpha value is -1.87. The highest BCUT2D eigenvalue weighted by Gasteiger charge is 2.32. The lowest BCUT2D eigenvalue weighted by molar-refractivity contribution is -0.134. The molecule has 6 heteroatoms. The Morgan fingerprint density at radius 3 is 2.90 bits per heavy atom. The van der Waals surface area contributed by atoms with E-state index in [9.17, 15) is 4.79 Å². The number of nitriles is 1. The van der Waals surface area contributed by atoms with E-state index in [1.807, 2.05) is 19.4 Å². The van der Waals surface area contributed by atoms with Gasteiger partial charge in [-0.3, -0.25) is 14.4 Å². The highest BCUT2D eigenvalue weighted by molar-refractivity contribution is 5.79. The smallest absolute Gasteiger partial charge is 0.237 e. The molecule has 0 radical (unpaired) electrons. The van der Waals surface area contributed by atoms with Crippen molar-refractivity contribution in [3.63, 3.8) is 0 Å². The predicted octanol–water partition coefficient (Wildman–Crippen LogP) is 1.32. The summed E-state index contributed by atoms with van der Waals surface area (Å²) in [5, 5.41) is 13.4. The highest BCUT2D eigenvalue weighted by atomic mass is 16.2. The quantitative estimate of drug-likeness (QED) is 0.838. The molecule has 1 atom stereocenters. The van der Waals surface area contributed by atoms with Crippen LogP contribution in [0.5, 0.6) is 0 Å². The van der Waals surface area contributed by atoms with Crippen molar-refractivity contribution in [2.75, 3.05) is 20.1 Å². The Balaban J connectivity index is 2.05. The monoisotopic (exact) mass is 289 g/mol.